The third-order valence-corrected chi connectivity index (χ3v) is 6.96. The van der Waals surface area contributed by atoms with E-state index in [-0.39, 0.29) is 6.04 Å². The van der Waals surface area contributed by atoms with Gasteiger partial charge in [-0.3, -0.25) is 10.4 Å². The molecule has 2 fully saturated rings. The predicted molar refractivity (Wildman–Crippen MR) is 120 cm³/mol. The average molecular weight is 440 g/mol. The molecule has 2 N–H and O–H groups in total. The molecule has 1 aromatic carbocycles. The van der Waals surface area contributed by atoms with Gasteiger partial charge in [-0.2, -0.15) is 0 Å². The van der Waals surface area contributed by atoms with Gasteiger partial charge in [-0.25, -0.2) is 18.8 Å². The van der Waals surface area contributed by atoms with Crippen molar-refractivity contribution in [2.24, 2.45) is 0 Å². The highest BCUT2D eigenvalue weighted by Gasteiger charge is 2.23. The molecule has 2 saturated heterocycles. The summed E-state index contributed by atoms with van der Waals surface area (Å²) in [5, 5.41) is 1.00. The lowest BCUT2D eigenvalue weighted by Gasteiger charge is -2.29. The number of aromatic nitrogens is 2. The number of ether oxygens (including phenoxy) is 1. The summed E-state index contributed by atoms with van der Waals surface area (Å²) in [6.45, 7) is 3.79. The molecule has 0 bridgehead atoms. The zero-order valence-corrected chi connectivity index (χ0v) is 18.2. The Labute approximate surface area is 181 Å². The number of rotatable bonds is 4. The average Bonchev–Trinajstić information content (AvgIpc) is 3.33. The number of nitrogens with zero attached hydrogens (tertiary/aromatic N) is 3. The Morgan fingerprint density at radius 3 is 2.58 bits per heavy atom. The van der Waals surface area contributed by atoms with Crippen molar-refractivity contribution < 1.29 is 13.2 Å². The van der Waals surface area contributed by atoms with E-state index in [4.69, 9.17) is 9.72 Å². The number of fused-ring (bicyclic) bond motifs is 1. The molecule has 4 heterocycles. The first-order valence-electron chi connectivity index (χ1n) is 10.4. The molecule has 8 nitrogen and oxygen atoms in total. The summed E-state index contributed by atoms with van der Waals surface area (Å²) in [6.07, 6.45) is 3.98. The first-order valence-corrected chi connectivity index (χ1v) is 12.3. The zero-order chi connectivity index (χ0) is 21.4. The quantitative estimate of drug-likeness (QED) is 0.638. The lowest BCUT2D eigenvalue weighted by atomic mass is 9.99. The Balaban J connectivity index is 1.69. The summed E-state index contributed by atoms with van der Waals surface area (Å²) >= 11 is 0. The van der Waals surface area contributed by atoms with Gasteiger partial charge in [-0.15, -0.1) is 0 Å². The molecular weight excluding hydrogens is 414 g/mol. The number of hydrazine groups is 1. The number of nitrogens with one attached hydrogen (secondary N) is 2. The maximum Gasteiger partial charge on any atom is 0.175 e. The van der Waals surface area contributed by atoms with Gasteiger partial charge in [0.1, 0.15) is 5.82 Å². The van der Waals surface area contributed by atoms with Gasteiger partial charge in [0.15, 0.2) is 9.84 Å². The van der Waals surface area contributed by atoms with E-state index in [1.54, 1.807) is 12.1 Å². The number of hydrogen-bond donors (Lipinski definition) is 2. The van der Waals surface area contributed by atoms with Crippen molar-refractivity contribution >= 4 is 26.6 Å². The summed E-state index contributed by atoms with van der Waals surface area (Å²) in [5.74, 6) is 0.887. The maximum atomic E-state index is 11.9. The molecule has 2 aromatic heterocycles. The molecule has 0 spiro atoms. The number of benzene rings is 1. The van der Waals surface area contributed by atoms with E-state index in [1.807, 2.05) is 24.4 Å². The fourth-order valence-corrected chi connectivity index (χ4v) is 4.81. The molecule has 2 aliphatic rings. The van der Waals surface area contributed by atoms with Gasteiger partial charge in [-0.1, -0.05) is 12.1 Å². The first kappa shape index (κ1) is 20.3. The third-order valence-electron chi connectivity index (χ3n) is 5.84. The van der Waals surface area contributed by atoms with Gasteiger partial charge in [0.2, 0.25) is 0 Å². The normalized spacial score (nSPS) is 19.8. The Hall–Kier alpha value is -2.59. The topological polar surface area (TPSA) is 96.5 Å². The fraction of sp³-hybridized carbons (Fsp3) is 0.364. The van der Waals surface area contributed by atoms with E-state index in [2.05, 4.69) is 26.8 Å². The second kappa shape index (κ2) is 8.16. The molecule has 1 atom stereocenters. The molecule has 1 unspecified atom stereocenters. The van der Waals surface area contributed by atoms with Gasteiger partial charge in [0.25, 0.3) is 0 Å². The summed E-state index contributed by atoms with van der Waals surface area (Å²) in [4.78, 5) is 12.2. The van der Waals surface area contributed by atoms with Crippen LogP contribution in [0.2, 0.25) is 0 Å². The summed E-state index contributed by atoms with van der Waals surface area (Å²) in [5.41, 5.74) is 10.2. The standard InChI is InChI=1S/C22H25N5O3S/c1-31(28,29)16-4-2-15(3-5-16)18-14-20(27-10-12-30-13-11-27)25-21-17(18)6-8-23-22(21)19-7-9-24-26-19/h2-6,8,14,19,24,26H,7,9-13H2,1H3. The number of anilines is 1. The Morgan fingerprint density at radius 2 is 1.90 bits per heavy atom. The summed E-state index contributed by atoms with van der Waals surface area (Å²) in [7, 11) is -3.25. The SMILES string of the molecule is CS(=O)(=O)c1ccc(-c2cc(N3CCOCC3)nc3c(C4CCNN4)nccc23)cc1. The lowest BCUT2D eigenvalue weighted by Crippen LogP contribution is -2.36. The van der Waals surface area contributed by atoms with Crippen LogP contribution >= 0.6 is 0 Å². The van der Waals surface area contributed by atoms with Crippen molar-refractivity contribution in [2.45, 2.75) is 17.4 Å². The lowest BCUT2D eigenvalue weighted by molar-refractivity contribution is 0.122. The minimum Gasteiger partial charge on any atom is -0.378 e. The molecular formula is C22H25N5O3S. The molecule has 0 aliphatic carbocycles. The highest BCUT2D eigenvalue weighted by atomic mass is 32.2. The molecule has 5 rings (SSSR count). The second-order valence-corrected chi connectivity index (χ2v) is 9.94. The van der Waals surface area contributed by atoms with Gasteiger partial charge < -0.3 is 9.64 Å². The van der Waals surface area contributed by atoms with Crippen LogP contribution in [0, 0.1) is 0 Å². The van der Waals surface area contributed by atoms with Crippen molar-refractivity contribution in [1.82, 2.24) is 20.8 Å². The van der Waals surface area contributed by atoms with Crippen LogP contribution < -0.4 is 15.8 Å². The van der Waals surface area contributed by atoms with E-state index in [1.165, 1.54) is 6.26 Å². The van der Waals surface area contributed by atoms with Crippen LogP contribution in [0.5, 0.6) is 0 Å². The molecule has 31 heavy (non-hydrogen) atoms. The first-order chi connectivity index (χ1) is 15.0. The minimum absolute atomic E-state index is 0.0941. The van der Waals surface area contributed by atoms with Crippen molar-refractivity contribution in [3.05, 3.63) is 48.3 Å². The van der Waals surface area contributed by atoms with Crippen LogP contribution in [0.3, 0.4) is 0 Å². The third kappa shape index (κ3) is 4.01. The van der Waals surface area contributed by atoms with Crippen molar-refractivity contribution in [3.8, 4) is 11.1 Å². The largest absolute Gasteiger partial charge is 0.378 e. The molecule has 2 aliphatic heterocycles. The Morgan fingerprint density at radius 1 is 1.13 bits per heavy atom. The number of morpholine rings is 1. The highest BCUT2D eigenvalue weighted by Crippen LogP contribution is 2.35. The molecule has 0 radical (unpaired) electrons. The van der Waals surface area contributed by atoms with Gasteiger partial charge in [-0.05, 0) is 41.8 Å². The van der Waals surface area contributed by atoms with Gasteiger partial charge in [0.05, 0.1) is 35.4 Å². The number of pyridine rings is 2. The van der Waals surface area contributed by atoms with Crippen LogP contribution in [0.4, 0.5) is 5.82 Å². The smallest absolute Gasteiger partial charge is 0.175 e. The van der Waals surface area contributed by atoms with Crippen LogP contribution in [-0.4, -0.2) is 57.5 Å². The van der Waals surface area contributed by atoms with Crippen molar-refractivity contribution in [3.63, 3.8) is 0 Å². The molecule has 0 amide bonds. The molecule has 162 valence electrons. The minimum atomic E-state index is -3.25. The van der Waals surface area contributed by atoms with E-state index >= 15 is 0 Å². The van der Waals surface area contributed by atoms with Crippen LogP contribution in [0.1, 0.15) is 18.2 Å². The van der Waals surface area contributed by atoms with Gasteiger partial charge >= 0.3 is 0 Å². The molecule has 0 saturated carbocycles. The maximum absolute atomic E-state index is 11.9. The van der Waals surface area contributed by atoms with Gasteiger partial charge in [0, 0.05) is 37.5 Å². The summed E-state index contributed by atoms with van der Waals surface area (Å²) < 4.78 is 29.3. The van der Waals surface area contributed by atoms with Crippen LogP contribution in [0.15, 0.2) is 47.5 Å². The van der Waals surface area contributed by atoms with Crippen LogP contribution in [-0.2, 0) is 14.6 Å². The van der Waals surface area contributed by atoms with Crippen LogP contribution in [0.25, 0.3) is 22.0 Å². The molecule has 3 aromatic rings. The fourth-order valence-electron chi connectivity index (χ4n) is 4.18. The Kier molecular flexibility index (Phi) is 5.35. The van der Waals surface area contributed by atoms with E-state index in [0.717, 1.165) is 59.6 Å². The van der Waals surface area contributed by atoms with E-state index < -0.39 is 9.84 Å². The van der Waals surface area contributed by atoms with E-state index in [0.29, 0.717) is 18.1 Å². The predicted octanol–water partition coefficient (Wildman–Crippen LogP) is 2.08. The second-order valence-electron chi connectivity index (χ2n) is 7.93. The monoisotopic (exact) mass is 439 g/mol. The number of hydrogen-bond acceptors (Lipinski definition) is 8. The number of sulfone groups is 1. The van der Waals surface area contributed by atoms with Crippen molar-refractivity contribution in [2.75, 3.05) is 44.0 Å². The molecule has 9 heteroatoms. The highest BCUT2D eigenvalue weighted by molar-refractivity contribution is 7.90. The summed E-state index contributed by atoms with van der Waals surface area (Å²) in [6, 6.07) is 11.2. The zero-order valence-electron chi connectivity index (χ0n) is 17.3. The Bertz CT molecular complexity index is 1200. The van der Waals surface area contributed by atoms with Crippen molar-refractivity contribution in [1.29, 1.82) is 0 Å². The van der Waals surface area contributed by atoms with E-state index in [9.17, 15) is 8.42 Å².